The summed E-state index contributed by atoms with van der Waals surface area (Å²) in [6.45, 7) is 4.84. The van der Waals surface area contributed by atoms with Crippen molar-refractivity contribution < 1.29 is 0 Å². The van der Waals surface area contributed by atoms with Crippen LogP contribution >= 0.6 is 0 Å². The zero-order valence-electron chi connectivity index (χ0n) is 13.8. The van der Waals surface area contributed by atoms with Crippen LogP contribution in [0, 0.1) is 0 Å². The number of H-pyrrole nitrogens is 1. The lowest BCUT2D eigenvalue weighted by atomic mass is 9.96. The molecule has 0 spiro atoms. The van der Waals surface area contributed by atoms with Gasteiger partial charge in [0.25, 0.3) is 0 Å². The molecule has 1 aromatic carbocycles. The van der Waals surface area contributed by atoms with Crippen LogP contribution in [0.25, 0.3) is 27.7 Å². The third-order valence-electron chi connectivity index (χ3n) is 4.78. The first-order chi connectivity index (χ1) is 11.8. The van der Waals surface area contributed by atoms with Gasteiger partial charge in [-0.05, 0) is 67.0 Å². The fraction of sp³-hybridized carbons (Fsp3) is 0.300. The number of nitrogens with one attached hydrogen (secondary N) is 1. The Labute approximate surface area is 141 Å². The molecule has 1 saturated carbocycles. The molecule has 122 valence electrons. The molecule has 0 bridgehead atoms. The summed E-state index contributed by atoms with van der Waals surface area (Å²) >= 11 is 0. The Kier molecular flexibility index (Phi) is 3.90. The van der Waals surface area contributed by atoms with E-state index in [-0.39, 0.29) is 0 Å². The van der Waals surface area contributed by atoms with Gasteiger partial charge in [-0.3, -0.25) is 10.1 Å². The highest BCUT2D eigenvalue weighted by Gasteiger charge is 2.29. The highest BCUT2D eigenvalue weighted by molar-refractivity contribution is 5.89. The third-order valence-corrected chi connectivity index (χ3v) is 4.78. The normalized spacial score (nSPS) is 14.2. The Morgan fingerprint density at radius 2 is 2.08 bits per heavy atom. The maximum Gasteiger partial charge on any atom is 0.0705 e. The molecule has 4 heteroatoms. The van der Waals surface area contributed by atoms with Crippen molar-refractivity contribution in [3.8, 4) is 11.3 Å². The van der Waals surface area contributed by atoms with Gasteiger partial charge >= 0.3 is 0 Å². The summed E-state index contributed by atoms with van der Waals surface area (Å²) in [4.78, 5) is 4.72. The number of aromatic nitrogens is 3. The van der Waals surface area contributed by atoms with Crippen LogP contribution in [-0.4, -0.2) is 21.7 Å². The van der Waals surface area contributed by atoms with Gasteiger partial charge in [-0.1, -0.05) is 18.7 Å². The van der Waals surface area contributed by atoms with E-state index < -0.39 is 0 Å². The minimum atomic E-state index is 0.641. The van der Waals surface area contributed by atoms with Gasteiger partial charge in [0.15, 0.2) is 0 Å². The zero-order chi connectivity index (χ0) is 16.5. The third kappa shape index (κ3) is 2.74. The molecule has 4 rings (SSSR count). The van der Waals surface area contributed by atoms with E-state index in [9.17, 15) is 0 Å². The summed E-state index contributed by atoms with van der Waals surface area (Å²) in [5.41, 5.74) is 12.5. The van der Waals surface area contributed by atoms with Crippen LogP contribution in [-0.2, 0) is 0 Å². The highest BCUT2D eigenvalue weighted by atomic mass is 15.1. The van der Waals surface area contributed by atoms with Crippen LogP contribution in [0.4, 0.5) is 0 Å². The molecule has 1 fully saturated rings. The lowest BCUT2D eigenvalue weighted by Crippen LogP contribution is -1.98. The number of nitrogens with two attached hydrogens (primary N) is 1. The number of pyridine rings is 1. The summed E-state index contributed by atoms with van der Waals surface area (Å²) < 4.78 is 0. The van der Waals surface area contributed by atoms with Gasteiger partial charge < -0.3 is 5.73 Å². The molecule has 0 atom stereocenters. The predicted molar refractivity (Wildman–Crippen MR) is 98.6 cm³/mol. The summed E-state index contributed by atoms with van der Waals surface area (Å²) in [6, 6.07) is 8.49. The zero-order valence-corrected chi connectivity index (χ0v) is 13.8. The second-order valence-corrected chi connectivity index (χ2v) is 6.56. The number of rotatable bonds is 6. The van der Waals surface area contributed by atoms with E-state index in [0.717, 1.165) is 35.2 Å². The van der Waals surface area contributed by atoms with Gasteiger partial charge in [0, 0.05) is 17.1 Å². The minimum Gasteiger partial charge on any atom is -0.330 e. The smallest absolute Gasteiger partial charge is 0.0705 e. The van der Waals surface area contributed by atoms with Crippen LogP contribution in [0.15, 0.2) is 43.2 Å². The molecule has 0 unspecified atom stereocenters. The van der Waals surface area contributed by atoms with Crippen molar-refractivity contribution in [2.75, 3.05) is 6.54 Å². The molecule has 4 nitrogen and oxygen atoms in total. The largest absolute Gasteiger partial charge is 0.330 e. The maximum atomic E-state index is 5.58. The van der Waals surface area contributed by atoms with Crippen molar-refractivity contribution in [1.29, 1.82) is 0 Å². The van der Waals surface area contributed by atoms with Crippen LogP contribution in [0.2, 0.25) is 0 Å². The number of aromatic amines is 1. The molecule has 3 N–H and O–H groups in total. The van der Waals surface area contributed by atoms with E-state index in [0.29, 0.717) is 12.5 Å². The first kappa shape index (κ1) is 15.1. The van der Waals surface area contributed by atoms with Crippen molar-refractivity contribution in [3.63, 3.8) is 0 Å². The highest BCUT2D eigenvalue weighted by Crippen LogP contribution is 2.47. The van der Waals surface area contributed by atoms with Crippen LogP contribution in [0.5, 0.6) is 0 Å². The van der Waals surface area contributed by atoms with E-state index >= 15 is 0 Å². The number of allylic oxidation sites excluding steroid dienone is 1. The topological polar surface area (TPSA) is 67.6 Å². The molecule has 2 aromatic heterocycles. The summed E-state index contributed by atoms with van der Waals surface area (Å²) in [7, 11) is 0. The molecule has 2 heterocycles. The molecule has 0 radical (unpaired) electrons. The molecule has 1 aliphatic rings. The molecule has 24 heavy (non-hydrogen) atoms. The van der Waals surface area contributed by atoms with Crippen molar-refractivity contribution in [1.82, 2.24) is 15.2 Å². The molecule has 1 aliphatic carbocycles. The average molecular weight is 318 g/mol. The SMILES string of the molecule is C=C(CCCN)c1ccc(-c2ccc3[nH]ncc3c2C2CC2)nc1. The van der Waals surface area contributed by atoms with Gasteiger partial charge in [-0.15, -0.1) is 0 Å². The second-order valence-electron chi connectivity index (χ2n) is 6.56. The minimum absolute atomic E-state index is 0.641. The molecular weight excluding hydrogens is 296 g/mol. The monoisotopic (exact) mass is 318 g/mol. The van der Waals surface area contributed by atoms with Gasteiger partial charge in [-0.2, -0.15) is 5.10 Å². The summed E-state index contributed by atoms with van der Waals surface area (Å²) in [6.07, 6.45) is 8.27. The molecular formula is C20H22N4. The van der Waals surface area contributed by atoms with Crippen LogP contribution in [0.1, 0.15) is 42.7 Å². The summed E-state index contributed by atoms with van der Waals surface area (Å²) in [5, 5.41) is 8.51. The van der Waals surface area contributed by atoms with E-state index in [4.69, 9.17) is 10.7 Å². The van der Waals surface area contributed by atoms with Gasteiger partial charge in [0.05, 0.1) is 17.4 Å². The number of hydrogen-bond donors (Lipinski definition) is 2. The molecule has 3 aromatic rings. The Morgan fingerprint density at radius 1 is 1.21 bits per heavy atom. The lowest BCUT2D eigenvalue weighted by Gasteiger charge is -2.11. The van der Waals surface area contributed by atoms with E-state index in [2.05, 4.69) is 41.0 Å². The van der Waals surface area contributed by atoms with Gasteiger partial charge in [0.1, 0.15) is 0 Å². The van der Waals surface area contributed by atoms with Crippen LogP contribution < -0.4 is 5.73 Å². The second kappa shape index (κ2) is 6.21. The fourth-order valence-electron chi connectivity index (χ4n) is 3.30. The van der Waals surface area contributed by atoms with Crippen molar-refractivity contribution >= 4 is 16.5 Å². The van der Waals surface area contributed by atoms with Crippen LogP contribution in [0.3, 0.4) is 0 Å². The van der Waals surface area contributed by atoms with Crippen molar-refractivity contribution in [2.24, 2.45) is 5.73 Å². The number of fused-ring (bicyclic) bond motifs is 1. The van der Waals surface area contributed by atoms with Gasteiger partial charge in [-0.25, -0.2) is 0 Å². The van der Waals surface area contributed by atoms with E-state index in [1.165, 1.54) is 29.4 Å². The Hall–Kier alpha value is -2.46. The standard InChI is InChI=1S/C20H22N4/c1-13(3-2-10-21)15-6-8-18(22-11-15)16-7-9-19-17(12-23-24-19)20(16)14-4-5-14/h6-9,11-12,14H,1-5,10,21H2,(H,23,24). The Morgan fingerprint density at radius 3 is 2.79 bits per heavy atom. The fourth-order valence-corrected chi connectivity index (χ4v) is 3.30. The first-order valence-corrected chi connectivity index (χ1v) is 8.58. The number of benzene rings is 1. The Balaban J connectivity index is 1.70. The van der Waals surface area contributed by atoms with E-state index in [1.807, 2.05) is 12.4 Å². The molecule has 0 aliphatic heterocycles. The van der Waals surface area contributed by atoms with E-state index in [1.54, 1.807) is 0 Å². The summed E-state index contributed by atoms with van der Waals surface area (Å²) in [5.74, 6) is 0.641. The Bertz CT molecular complexity index is 872. The van der Waals surface area contributed by atoms with Gasteiger partial charge in [0.2, 0.25) is 0 Å². The molecule has 0 saturated heterocycles. The molecule has 0 amide bonds. The van der Waals surface area contributed by atoms with Crippen molar-refractivity contribution in [2.45, 2.75) is 31.6 Å². The number of hydrogen-bond acceptors (Lipinski definition) is 3. The predicted octanol–water partition coefficient (Wildman–Crippen LogP) is 4.25. The number of nitrogens with zero attached hydrogens (tertiary/aromatic N) is 2. The lowest BCUT2D eigenvalue weighted by molar-refractivity contribution is 0.865. The maximum absolute atomic E-state index is 5.58. The van der Waals surface area contributed by atoms with Crippen molar-refractivity contribution in [3.05, 3.63) is 54.4 Å². The average Bonchev–Trinajstić information content (AvgIpc) is 3.35. The first-order valence-electron chi connectivity index (χ1n) is 8.58. The quantitative estimate of drug-likeness (QED) is 0.714.